The number of aromatic nitrogens is 3. The van der Waals surface area contributed by atoms with Gasteiger partial charge in [-0.1, -0.05) is 6.92 Å². The number of rotatable bonds is 6. The van der Waals surface area contributed by atoms with Gasteiger partial charge in [-0.15, -0.1) is 11.3 Å². The van der Waals surface area contributed by atoms with Gasteiger partial charge < -0.3 is 5.32 Å². The first-order valence-corrected chi connectivity index (χ1v) is 7.84. The van der Waals surface area contributed by atoms with Gasteiger partial charge in [-0.2, -0.15) is 5.10 Å². The van der Waals surface area contributed by atoms with Crippen LogP contribution in [0.15, 0.2) is 21.6 Å². The monoisotopic (exact) mass is 328 g/mol. The van der Waals surface area contributed by atoms with Gasteiger partial charge in [0.2, 0.25) is 0 Å². The summed E-state index contributed by atoms with van der Waals surface area (Å²) >= 11 is 5.21. The number of thiazole rings is 1. The number of nitrogens with zero attached hydrogens (tertiary/aromatic N) is 3. The Balaban J connectivity index is 2.36. The van der Waals surface area contributed by atoms with Crippen LogP contribution in [0, 0.1) is 0 Å². The topological polar surface area (TPSA) is 42.7 Å². The number of halogens is 1. The maximum absolute atomic E-state index is 4.44. The second kappa shape index (κ2) is 6.45. The molecule has 0 amide bonds. The molecule has 0 spiro atoms. The van der Waals surface area contributed by atoms with Crippen molar-refractivity contribution in [1.82, 2.24) is 20.1 Å². The zero-order chi connectivity index (χ0) is 13.0. The molecule has 0 saturated carbocycles. The second-order valence-corrected chi connectivity index (χ2v) is 5.57. The van der Waals surface area contributed by atoms with Crippen LogP contribution in [0.5, 0.6) is 0 Å². The van der Waals surface area contributed by atoms with E-state index in [2.05, 4.69) is 50.6 Å². The van der Waals surface area contributed by atoms with E-state index in [0.717, 1.165) is 35.4 Å². The molecular formula is C12H17BrN4S. The molecule has 2 rings (SSSR count). The molecule has 0 aliphatic rings. The molecule has 4 nitrogen and oxygen atoms in total. The van der Waals surface area contributed by atoms with Gasteiger partial charge >= 0.3 is 0 Å². The molecule has 2 aromatic rings. The summed E-state index contributed by atoms with van der Waals surface area (Å²) in [5, 5.41) is 10.0. The summed E-state index contributed by atoms with van der Waals surface area (Å²) in [5.74, 6) is 0. The van der Waals surface area contributed by atoms with Crippen LogP contribution in [0.4, 0.5) is 0 Å². The zero-order valence-corrected chi connectivity index (χ0v) is 13.0. The summed E-state index contributed by atoms with van der Waals surface area (Å²) in [7, 11) is 0. The van der Waals surface area contributed by atoms with E-state index in [0.29, 0.717) is 0 Å². The third-order valence-corrected chi connectivity index (χ3v) is 3.97. The van der Waals surface area contributed by atoms with E-state index in [1.165, 1.54) is 0 Å². The van der Waals surface area contributed by atoms with Crippen LogP contribution >= 0.6 is 27.3 Å². The molecule has 0 bridgehead atoms. The van der Waals surface area contributed by atoms with Gasteiger partial charge in [0.05, 0.1) is 33.6 Å². The van der Waals surface area contributed by atoms with Gasteiger partial charge in [-0.05, 0) is 35.8 Å². The fourth-order valence-corrected chi connectivity index (χ4v) is 3.01. The predicted octanol–water partition coefficient (Wildman–Crippen LogP) is 3.21. The minimum atomic E-state index is 0.105. The van der Waals surface area contributed by atoms with Crippen molar-refractivity contribution >= 4 is 27.3 Å². The average molecular weight is 329 g/mol. The van der Waals surface area contributed by atoms with Crippen LogP contribution in [0.2, 0.25) is 0 Å². The van der Waals surface area contributed by atoms with E-state index in [1.54, 1.807) is 11.3 Å². The van der Waals surface area contributed by atoms with Gasteiger partial charge in [-0.25, -0.2) is 4.98 Å². The molecule has 0 saturated heterocycles. The molecule has 0 aliphatic heterocycles. The highest BCUT2D eigenvalue weighted by Crippen LogP contribution is 2.28. The standard InChI is InChI=1S/C12H17BrN4S/c1-3-5-14-11(10-7-18-8-15-10)12-9(13)6-16-17(12)4-2/h6-8,11,14H,3-5H2,1-2H3. The van der Waals surface area contributed by atoms with E-state index in [1.807, 2.05) is 16.4 Å². The Morgan fingerprint density at radius 2 is 2.33 bits per heavy atom. The molecule has 1 N–H and O–H groups in total. The van der Waals surface area contributed by atoms with Gasteiger partial charge in [0, 0.05) is 11.9 Å². The summed E-state index contributed by atoms with van der Waals surface area (Å²) in [4.78, 5) is 4.44. The molecule has 0 fully saturated rings. The largest absolute Gasteiger partial charge is 0.304 e. The summed E-state index contributed by atoms with van der Waals surface area (Å²) < 4.78 is 3.04. The Bertz CT molecular complexity index is 480. The number of aryl methyl sites for hydroxylation is 1. The van der Waals surface area contributed by atoms with Crippen LogP contribution in [-0.4, -0.2) is 21.3 Å². The SMILES string of the molecule is CCCNC(c1cscn1)c1c(Br)cnn1CC. The van der Waals surface area contributed by atoms with E-state index in [4.69, 9.17) is 0 Å². The van der Waals surface area contributed by atoms with Gasteiger partial charge in [0.1, 0.15) is 0 Å². The van der Waals surface area contributed by atoms with Gasteiger partial charge in [0.15, 0.2) is 0 Å². The minimum absolute atomic E-state index is 0.105. The Morgan fingerprint density at radius 3 is 2.94 bits per heavy atom. The number of hydrogen-bond donors (Lipinski definition) is 1. The Labute approximate surface area is 120 Å². The van der Waals surface area contributed by atoms with Crippen molar-refractivity contribution in [1.29, 1.82) is 0 Å². The van der Waals surface area contributed by atoms with Gasteiger partial charge in [-0.3, -0.25) is 4.68 Å². The predicted molar refractivity (Wildman–Crippen MR) is 77.9 cm³/mol. The lowest BCUT2D eigenvalue weighted by molar-refractivity contribution is 0.522. The first-order valence-electron chi connectivity index (χ1n) is 6.10. The van der Waals surface area contributed by atoms with E-state index in [-0.39, 0.29) is 6.04 Å². The fourth-order valence-electron chi connectivity index (χ4n) is 1.91. The third-order valence-electron chi connectivity index (χ3n) is 2.75. The Hall–Kier alpha value is -0.720. The molecule has 0 radical (unpaired) electrons. The highest BCUT2D eigenvalue weighted by atomic mass is 79.9. The summed E-state index contributed by atoms with van der Waals surface area (Å²) in [6, 6.07) is 0.105. The lowest BCUT2D eigenvalue weighted by Crippen LogP contribution is -2.26. The lowest BCUT2D eigenvalue weighted by Gasteiger charge is -2.18. The molecule has 18 heavy (non-hydrogen) atoms. The van der Waals surface area contributed by atoms with Crippen LogP contribution in [0.3, 0.4) is 0 Å². The highest BCUT2D eigenvalue weighted by molar-refractivity contribution is 9.10. The van der Waals surface area contributed by atoms with E-state index < -0.39 is 0 Å². The van der Waals surface area contributed by atoms with Crippen molar-refractivity contribution < 1.29 is 0 Å². The van der Waals surface area contributed by atoms with Crippen molar-refractivity contribution in [3.8, 4) is 0 Å². The molecule has 98 valence electrons. The Morgan fingerprint density at radius 1 is 1.50 bits per heavy atom. The van der Waals surface area contributed by atoms with Crippen LogP contribution in [0.1, 0.15) is 37.7 Å². The molecule has 6 heteroatoms. The molecule has 0 aromatic carbocycles. The Kier molecular flexibility index (Phi) is 4.91. The van der Waals surface area contributed by atoms with Crippen molar-refractivity contribution in [3.63, 3.8) is 0 Å². The van der Waals surface area contributed by atoms with Crippen molar-refractivity contribution in [2.24, 2.45) is 0 Å². The highest BCUT2D eigenvalue weighted by Gasteiger charge is 2.22. The first kappa shape index (κ1) is 13.7. The van der Waals surface area contributed by atoms with Crippen LogP contribution in [0.25, 0.3) is 0 Å². The second-order valence-electron chi connectivity index (χ2n) is 3.99. The average Bonchev–Trinajstić information content (AvgIpc) is 3.01. The maximum Gasteiger partial charge on any atom is 0.0942 e. The lowest BCUT2D eigenvalue weighted by atomic mass is 10.1. The van der Waals surface area contributed by atoms with Crippen molar-refractivity contribution in [2.75, 3.05) is 6.54 Å². The minimum Gasteiger partial charge on any atom is -0.304 e. The van der Waals surface area contributed by atoms with E-state index >= 15 is 0 Å². The number of hydrogen-bond acceptors (Lipinski definition) is 4. The van der Waals surface area contributed by atoms with E-state index in [9.17, 15) is 0 Å². The molecular weight excluding hydrogens is 312 g/mol. The van der Waals surface area contributed by atoms with Crippen LogP contribution < -0.4 is 5.32 Å². The molecule has 2 aromatic heterocycles. The molecule has 1 unspecified atom stereocenters. The summed E-state index contributed by atoms with van der Waals surface area (Å²) in [6.45, 7) is 6.08. The summed E-state index contributed by atoms with van der Waals surface area (Å²) in [6.07, 6.45) is 2.95. The maximum atomic E-state index is 4.44. The smallest absolute Gasteiger partial charge is 0.0942 e. The fraction of sp³-hybridized carbons (Fsp3) is 0.500. The summed E-state index contributed by atoms with van der Waals surface area (Å²) in [5.41, 5.74) is 4.08. The van der Waals surface area contributed by atoms with Gasteiger partial charge in [0.25, 0.3) is 0 Å². The normalized spacial score (nSPS) is 12.8. The quantitative estimate of drug-likeness (QED) is 0.885. The van der Waals surface area contributed by atoms with Crippen molar-refractivity contribution in [2.45, 2.75) is 32.9 Å². The first-order chi connectivity index (χ1) is 8.77. The van der Waals surface area contributed by atoms with Crippen molar-refractivity contribution in [3.05, 3.63) is 32.9 Å². The zero-order valence-electron chi connectivity index (χ0n) is 10.6. The number of nitrogens with one attached hydrogen (secondary N) is 1. The molecule has 1 atom stereocenters. The molecule has 0 aliphatic carbocycles. The molecule has 2 heterocycles. The van der Waals surface area contributed by atoms with Crippen LogP contribution in [-0.2, 0) is 6.54 Å². The third kappa shape index (κ3) is 2.81.